The lowest BCUT2D eigenvalue weighted by Gasteiger charge is -2.30. The average Bonchev–Trinajstić information content (AvgIpc) is 3.16. The van der Waals surface area contributed by atoms with Crippen molar-refractivity contribution in [3.8, 4) is 0 Å². The molecule has 1 saturated heterocycles. The van der Waals surface area contributed by atoms with Crippen LogP contribution in [-0.2, 0) is 14.3 Å². The molecule has 2 fully saturated rings. The Morgan fingerprint density at radius 1 is 1.35 bits per heavy atom. The first kappa shape index (κ1) is 17.9. The first-order chi connectivity index (χ1) is 12.6. The third-order valence-corrected chi connectivity index (χ3v) is 7.26. The maximum absolute atomic E-state index is 13.0. The zero-order chi connectivity index (χ0) is 18.1. The van der Waals surface area contributed by atoms with E-state index in [1.54, 1.807) is 4.90 Å². The smallest absolute Gasteiger partial charge is 0.257 e. The number of ether oxygens (including phenoxy) is 1. The summed E-state index contributed by atoms with van der Waals surface area (Å²) in [5.41, 5.74) is 0.863. The fourth-order valence-corrected chi connectivity index (χ4v) is 5.78. The van der Waals surface area contributed by atoms with Gasteiger partial charge < -0.3 is 10.1 Å². The predicted molar refractivity (Wildman–Crippen MR) is 102 cm³/mol. The van der Waals surface area contributed by atoms with Crippen LogP contribution in [-0.4, -0.2) is 35.9 Å². The topological polar surface area (TPSA) is 58.6 Å². The highest BCUT2D eigenvalue weighted by Crippen LogP contribution is 2.55. The van der Waals surface area contributed by atoms with Crippen LogP contribution in [0.5, 0.6) is 0 Å². The second kappa shape index (κ2) is 7.24. The average molecular weight is 375 g/mol. The lowest BCUT2D eigenvalue weighted by atomic mass is 9.88. The minimum absolute atomic E-state index is 0.0323. The maximum Gasteiger partial charge on any atom is 0.257 e. The van der Waals surface area contributed by atoms with Crippen molar-refractivity contribution in [2.75, 3.05) is 18.1 Å². The summed E-state index contributed by atoms with van der Waals surface area (Å²) in [5, 5.41) is 3.02. The highest BCUT2D eigenvalue weighted by atomic mass is 32.2. The van der Waals surface area contributed by atoms with Crippen LogP contribution in [0.1, 0.15) is 45.4 Å². The molecule has 0 unspecified atom stereocenters. The van der Waals surface area contributed by atoms with Crippen molar-refractivity contribution in [1.29, 1.82) is 0 Å². The van der Waals surface area contributed by atoms with E-state index in [1.165, 1.54) is 31.0 Å². The number of hydrogen-bond donors (Lipinski definition) is 1. The third-order valence-electron chi connectivity index (χ3n) is 5.78. The van der Waals surface area contributed by atoms with Crippen LogP contribution in [0.25, 0.3) is 0 Å². The van der Waals surface area contributed by atoms with Crippen LogP contribution in [0.3, 0.4) is 0 Å². The minimum atomic E-state index is -0.821. The Labute approximate surface area is 158 Å². The number of para-hydroxylation sites is 1. The molecule has 1 N–H and O–H groups in total. The number of rotatable bonds is 5. The van der Waals surface area contributed by atoms with Crippen LogP contribution >= 0.6 is 11.8 Å². The van der Waals surface area contributed by atoms with Gasteiger partial charge in [-0.1, -0.05) is 43.7 Å². The van der Waals surface area contributed by atoms with Gasteiger partial charge in [-0.25, -0.2) is 0 Å². The summed E-state index contributed by atoms with van der Waals surface area (Å²) in [6, 6.07) is 7.77. The molecule has 3 atom stereocenters. The minimum Gasteiger partial charge on any atom is -0.376 e. The number of carbonyl (C=O) groups is 2. The van der Waals surface area contributed by atoms with Crippen molar-refractivity contribution in [2.24, 2.45) is 5.92 Å². The number of nitrogens with zero attached hydrogens (tertiary/aromatic N) is 1. The molecule has 2 amide bonds. The van der Waals surface area contributed by atoms with Gasteiger partial charge in [0.05, 0.1) is 18.4 Å². The molecule has 4 rings (SSSR count). The van der Waals surface area contributed by atoms with E-state index in [1.807, 2.05) is 24.3 Å². The molecule has 6 heteroatoms. The van der Waals surface area contributed by atoms with Crippen molar-refractivity contribution in [1.82, 2.24) is 5.32 Å². The van der Waals surface area contributed by atoms with E-state index in [2.05, 4.69) is 12.2 Å². The maximum atomic E-state index is 13.0. The molecule has 1 aliphatic carbocycles. The van der Waals surface area contributed by atoms with Gasteiger partial charge in [-0.3, -0.25) is 14.5 Å². The number of nitrogens with one attached hydrogen (secondary N) is 1. The van der Waals surface area contributed by atoms with Gasteiger partial charge >= 0.3 is 0 Å². The van der Waals surface area contributed by atoms with Gasteiger partial charge in [0.15, 0.2) is 4.87 Å². The number of benzene rings is 1. The van der Waals surface area contributed by atoms with Gasteiger partial charge in [0.2, 0.25) is 5.91 Å². The van der Waals surface area contributed by atoms with E-state index in [4.69, 9.17) is 4.74 Å². The number of fused-ring (bicyclic) bond motifs is 3. The quantitative estimate of drug-likeness (QED) is 0.803. The highest BCUT2D eigenvalue weighted by Gasteiger charge is 2.57. The third kappa shape index (κ3) is 3.03. The number of amides is 2. The van der Waals surface area contributed by atoms with Crippen molar-refractivity contribution in [2.45, 2.75) is 61.3 Å². The Morgan fingerprint density at radius 3 is 3.00 bits per heavy atom. The zero-order valence-electron chi connectivity index (χ0n) is 15.2. The van der Waals surface area contributed by atoms with Gasteiger partial charge in [-0.15, -0.1) is 0 Å². The SMILES string of the molecule is C[C@@H]1CCCC[C@@H]1OCCNC(=O)[C@@]12CCC(=O)N1c1ccccc1S2. The molecule has 2 aliphatic heterocycles. The molecule has 3 aliphatic rings. The van der Waals surface area contributed by atoms with Crippen molar-refractivity contribution < 1.29 is 14.3 Å². The van der Waals surface area contributed by atoms with Crippen molar-refractivity contribution >= 4 is 29.3 Å². The monoisotopic (exact) mass is 374 g/mol. The largest absolute Gasteiger partial charge is 0.376 e. The second-order valence-corrected chi connectivity index (χ2v) is 8.83. The van der Waals surface area contributed by atoms with E-state index in [-0.39, 0.29) is 11.8 Å². The standard InChI is InChI=1S/C20H26N2O3S/c1-14-6-2-4-8-16(14)25-13-12-21-19(24)20-11-10-18(23)22(20)15-7-3-5-9-17(15)26-20/h3,5,7,9,14,16H,2,4,6,8,10-13H2,1H3,(H,21,24)/t14-,16+,20+/m1/s1. The van der Waals surface area contributed by atoms with E-state index in [0.29, 0.717) is 38.0 Å². The first-order valence-electron chi connectivity index (χ1n) is 9.63. The van der Waals surface area contributed by atoms with Gasteiger partial charge in [0, 0.05) is 17.9 Å². The van der Waals surface area contributed by atoms with E-state index >= 15 is 0 Å². The van der Waals surface area contributed by atoms with Crippen molar-refractivity contribution in [3.63, 3.8) is 0 Å². The molecule has 5 nitrogen and oxygen atoms in total. The Bertz CT molecular complexity index is 710. The zero-order valence-corrected chi connectivity index (χ0v) is 16.0. The number of carbonyl (C=O) groups excluding carboxylic acids is 2. The van der Waals surface area contributed by atoms with Gasteiger partial charge in [-0.05, 0) is 37.3 Å². The molecular weight excluding hydrogens is 348 g/mol. The predicted octanol–water partition coefficient (Wildman–Crippen LogP) is 3.33. The molecule has 1 saturated carbocycles. The van der Waals surface area contributed by atoms with Crippen LogP contribution < -0.4 is 10.2 Å². The lowest BCUT2D eigenvalue weighted by molar-refractivity contribution is -0.125. The molecule has 0 radical (unpaired) electrons. The summed E-state index contributed by atoms with van der Waals surface area (Å²) in [5.74, 6) is 0.551. The van der Waals surface area contributed by atoms with Crippen molar-refractivity contribution in [3.05, 3.63) is 24.3 Å². The van der Waals surface area contributed by atoms with Gasteiger partial charge in [0.1, 0.15) is 0 Å². The van der Waals surface area contributed by atoms with Gasteiger partial charge in [0.25, 0.3) is 5.91 Å². The second-order valence-electron chi connectivity index (χ2n) is 7.51. The summed E-state index contributed by atoms with van der Waals surface area (Å²) < 4.78 is 6.00. The Morgan fingerprint density at radius 2 is 2.15 bits per heavy atom. The summed E-state index contributed by atoms with van der Waals surface area (Å²) in [6.07, 6.45) is 6.16. The van der Waals surface area contributed by atoms with Crippen LogP contribution in [0.4, 0.5) is 5.69 Å². The summed E-state index contributed by atoms with van der Waals surface area (Å²) >= 11 is 1.50. The summed E-state index contributed by atoms with van der Waals surface area (Å²) in [6.45, 7) is 3.26. The molecule has 0 spiro atoms. The van der Waals surface area contributed by atoms with Crippen LogP contribution in [0.2, 0.25) is 0 Å². The van der Waals surface area contributed by atoms with E-state index < -0.39 is 4.87 Å². The highest BCUT2D eigenvalue weighted by molar-refractivity contribution is 8.02. The Kier molecular flexibility index (Phi) is 4.97. The molecule has 0 aromatic heterocycles. The fourth-order valence-electron chi connectivity index (χ4n) is 4.34. The summed E-state index contributed by atoms with van der Waals surface area (Å²) in [4.78, 5) is 27.3. The van der Waals surface area contributed by atoms with Gasteiger partial charge in [-0.2, -0.15) is 0 Å². The van der Waals surface area contributed by atoms with Crippen LogP contribution in [0.15, 0.2) is 29.2 Å². The molecule has 26 heavy (non-hydrogen) atoms. The number of anilines is 1. The van der Waals surface area contributed by atoms with Crippen LogP contribution in [0, 0.1) is 5.92 Å². The molecular formula is C20H26N2O3S. The number of hydrogen-bond acceptors (Lipinski definition) is 4. The van der Waals surface area contributed by atoms with E-state index in [9.17, 15) is 9.59 Å². The Hall–Kier alpha value is -1.53. The first-order valence-corrected chi connectivity index (χ1v) is 10.4. The molecule has 1 aromatic carbocycles. The molecule has 0 bridgehead atoms. The number of thioether (sulfide) groups is 1. The van der Waals surface area contributed by atoms with E-state index in [0.717, 1.165) is 17.0 Å². The normalized spacial score (nSPS) is 30.2. The Balaban J connectivity index is 1.36. The fraction of sp³-hybridized carbons (Fsp3) is 0.600. The summed E-state index contributed by atoms with van der Waals surface area (Å²) in [7, 11) is 0. The lowest BCUT2D eigenvalue weighted by Crippen LogP contribution is -2.53. The molecule has 2 heterocycles. The molecule has 140 valence electrons. The molecule has 1 aromatic rings.